The summed E-state index contributed by atoms with van der Waals surface area (Å²) in [6.45, 7) is 6.28. The highest BCUT2D eigenvalue weighted by Crippen LogP contribution is 2.02. The van der Waals surface area contributed by atoms with E-state index in [1.54, 1.807) is 6.92 Å². The number of rotatable bonds is 6. The van der Waals surface area contributed by atoms with E-state index in [-0.39, 0.29) is 5.91 Å². The number of carbonyl (C=O) groups is 1. The first-order valence-corrected chi connectivity index (χ1v) is 5.81. The summed E-state index contributed by atoms with van der Waals surface area (Å²) in [5.74, 6) is 1.41. The molecule has 6 heteroatoms. The third-order valence-corrected chi connectivity index (χ3v) is 2.28. The van der Waals surface area contributed by atoms with Crippen LogP contribution in [-0.4, -0.2) is 28.6 Å². The van der Waals surface area contributed by atoms with Crippen molar-refractivity contribution in [1.29, 1.82) is 0 Å². The van der Waals surface area contributed by atoms with Crippen LogP contribution < -0.4 is 11.1 Å². The van der Waals surface area contributed by atoms with Crippen molar-refractivity contribution in [3.63, 3.8) is 0 Å². The first-order valence-electron chi connectivity index (χ1n) is 5.81. The number of nitrogens with two attached hydrogens (primary N) is 1. The third kappa shape index (κ3) is 4.95. The van der Waals surface area contributed by atoms with Gasteiger partial charge in [-0.25, -0.2) is 0 Å². The van der Waals surface area contributed by atoms with Gasteiger partial charge in [0, 0.05) is 19.9 Å². The van der Waals surface area contributed by atoms with Crippen LogP contribution in [0.1, 0.15) is 32.0 Å². The maximum absolute atomic E-state index is 11.6. The topological polar surface area (TPSA) is 94.0 Å². The molecule has 0 aliphatic heterocycles. The van der Waals surface area contributed by atoms with E-state index in [1.165, 1.54) is 0 Å². The van der Waals surface area contributed by atoms with Crippen molar-refractivity contribution in [3.05, 3.63) is 11.7 Å². The Morgan fingerprint density at radius 1 is 1.53 bits per heavy atom. The third-order valence-electron chi connectivity index (χ3n) is 2.28. The molecule has 1 aromatic rings. The van der Waals surface area contributed by atoms with Gasteiger partial charge in [0.15, 0.2) is 5.82 Å². The number of carbonyl (C=O) groups excluding carboxylic acids is 1. The highest BCUT2D eigenvalue weighted by atomic mass is 16.5. The lowest BCUT2D eigenvalue weighted by Crippen LogP contribution is -2.42. The summed E-state index contributed by atoms with van der Waals surface area (Å²) in [6.07, 6.45) is 1.24. The van der Waals surface area contributed by atoms with E-state index >= 15 is 0 Å². The summed E-state index contributed by atoms with van der Waals surface area (Å²) in [6, 6.07) is -0.443. The Morgan fingerprint density at radius 3 is 2.76 bits per heavy atom. The summed E-state index contributed by atoms with van der Waals surface area (Å²) < 4.78 is 4.82. The molecule has 0 aliphatic rings. The molecule has 0 saturated carbocycles. The molecular weight excluding hydrogens is 220 g/mol. The molecule has 0 radical (unpaired) electrons. The minimum Gasteiger partial charge on any atom is -0.354 e. The predicted molar refractivity (Wildman–Crippen MR) is 63.2 cm³/mol. The van der Waals surface area contributed by atoms with Crippen LogP contribution >= 0.6 is 0 Å². The molecular formula is C11H20N4O2. The Balaban J connectivity index is 2.24. The molecule has 96 valence electrons. The standard InChI is InChI=1S/C11H20N4O2/c1-7(2)6-9(12)11(16)13-5-4-10-14-8(3)17-15-10/h7,9H,4-6,12H2,1-3H3,(H,13,16)/t9-/m0/s1. The summed E-state index contributed by atoms with van der Waals surface area (Å²) >= 11 is 0. The Labute approximate surface area is 101 Å². The van der Waals surface area contributed by atoms with Gasteiger partial charge in [-0.2, -0.15) is 4.98 Å². The molecule has 1 amide bonds. The molecule has 17 heavy (non-hydrogen) atoms. The molecule has 1 atom stereocenters. The van der Waals surface area contributed by atoms with E-state index in [1.807, 2.05) is 13.8 Å². The zero-order valence-corrected chi connectivity index (χ0v) is 10.6. The first-order chi connectivity index (χ1) is 7.99. The Bertz CT molecular complexity index is 362. The number of nitrogens with one attached hydrogen (secondary N) is 1. The van der Waals surface area contributed by atoms with Crippen molar-refractivity contribution in [2.24, 2.45) is 11.7 Å². The smallest absolute Gasteiger partial charge is 0.236 e. The molecule has 0 unspecified atom stereocenters. The molecule has 0 fully saturated rings. The molecule has 0 saturated heterocycles. The first kappa shape index (κ1) is 13.6. The molecule has 0 aliphatic carbocycles. The molecule has 1 heterocycles. The molecule has 3 N–H and O–H groups in total. The van der Waals surface area contributed by atoms with Crippen molar-refractivity contribution in [2.45, 2.75) is 39.7 Å². The van der Waals surface area contributed by atoms with Crippen LogP contribution in [0.15, 0.2) is 4.52 Å². The van der Waals surface area contributed by atoms with Crippen molar-refractivity contribution in [3.8, 4) is 0 Å². The van der Waals surface area contributed by atoms with Gasteiger partial charge in [-0.05, 0) is 12.3 Å². The Kier molecular flexibility index (Phi) is 5.09. The van der Waals surface area contributed by atoms with Crippen LogP contribution in [0.25, 0.3) is 0 Å². The average molecular weight is 240 g/mol. The van der Waals surface area contributed by atoms with Crippen molar-refractivity contribution >= 4 is 5.91 Å². The quantitative estimate of drug-likeness (QED) is 0.751. The zero-order valence-electron chi connectivity index (χ0n) is 10.6. The second kappa shape index (κ2) is 6.34. The minimum atomic E-state index is -0.443. The fourth-order valence-electron chi connectivity index (χ4n) is 1.49. The number of aryl methyl sites for hydroxylation is 1. The van der Waals surface area contributed by atoms with E-state index in [0.717, 1.165) is 0 Å². The lowest BCUT2D eigenvalue weighted by atomic mass is 10.0. The zero-order chi connectivity index (χ0) is 12.8. The minimum absolute atomic E-state index is 0.126. The second-order valence-electron chi connectivity index (χ2n) is 4.51. The van der Waals surface area contributed by atoms with Gasteiger partial charge in [-0.15, -0.1) is 0 Å². The molecule has 1 aromatic heterocycles. The summed E-state index contributed by atoms with van der Waals surface area (Å²) in [5, 5.41) is 6.50. The van der Waals surface area contributed by atoms with Crippen molar-refractivity contribution in [1.82, 2.24) is 15.5 Å². The number of hydrogen-bond donors (Lipinski definition) is 2. The summed E-state index contributed by atoms with van der Waals surface area (Å²) in [5.41, 5.74) is 5.74. The van der Waals surface area contributed by atoms with E-state index in [9.17, 15) is 4.79 Å². The van der Waals surface area contributed by atoms with Crippen molar-refractivity contribution in [2.75, 3.05) is 6.54 Å². The van der Waals surface area contributed by atoms with Gasteiger partial charge in [0.1, 0.15) is 0 Å². The normalized spacial score (nSPS) is 12.8. The number of hydrogen-bond acceptors (Lipinski definition) is 5. The van der Waals surface area contributed by atoms with Gasteiger partial charge in [-0.1, -0.05) is 19.0 Å². The summed E-state index contributed by atoms with van der Waals surface area (Å²) in [4.78, 5) is 15.6. The molecule has 0 aromatic carbocycles. The molecule has 1 rings (SSSR count). The fraction of sp³-hybridized carbons (Fsp3) is 0.727. The van der Waals surface area contributed by atoms with Crippen LogP contribution in [0.3, 0.4) is 0 Å². The van der Waals surface area contributed by atoms with E-state index in [4.69, 9.17) is 10.3 Å². The Hall–Kier alpha value is -1.43. The number of nitrogens with zero attached hydrogens (tertiary/aromatic N) is 2. The van der Waals surface area contributed by atoms with Crippen LogP contribution in [0.5, 0.6) is 0 Å². The van der Waals surface area contributed by atoms with Crippen molar-refractivity contribution < 1.29 is 9.32 Å². The lowest BCUT2D eigenvalue weighted by Gasteiger charge is -2.13. The van der Waals surface area contributed by atoms with Crippen LogP contribution in [0, 0.1) is 12.8 Å². The largest absolute Gasteiger partial charge is 0.354 e. The molecule has 0 bridgehead atoms. The van der Waals surface area contributed by atoms with Gasteiger partial charge in [-0.3, -0.25) is 4.79 Å². The summed E-state index contributed by atoms with van der Waals surface area (Å²) in [7, 11) is 0. The van der Waals surface area contributed by atoms with Crippen LogP contribution in [0.4, 0.5) is 0 Å². The number of amides is 1. The Morgan fingerprint density at radius 2 is 2.24 bits per heavy atom. The van der Waals surface area contributed by atoms with Crippen LogP contribution in [0.2, 0.25) is 0 Å². The average Bonchev–Trinajstić information content (AvgIpc) is 2.63. The van der Waals surface area contributed by atoms with Gasteiger partial charge in [0.05, 0.1) is 6.04 Å². The second-order valence-corrected chi connectivity index (χ2v) is 4.51. The SMILES string of the molecule is Cc1nc(CCNC(=O)[C@@H](N)CC(C)C)no1. The van der Waals surface area contributed by atoms with E-state index < -0.39 is 6.04 Å². The lowest BCUT2D eigenvalue weighted by molar-refractivity contribution is -0.122. The molecule has 0 spiro atoms. The van der Waals surface area contributed by atoms with Gasteiger partial charge >= 0.3 is 0 Å². The number of aromatic nitrogens is 2. The van der Waals surface area contributed by atoms with Crippen LogP contribution in [-0.2, 0) is 11.2 Å². The van der Waals surface area contributed by atoms with E-state index in [0.29, 0.717) is 37.0 Å². The highest BCUT2D eigenvalue weighted by molar-refractivity contribution is 5.81. The van der Waals surface area contributed by atoms with Gasteiger partial charge in [0.2, 0.25) is 11.8 Å². The monoisotopic (exact) mass is 240 g/mol. The maximum Gasteiger partial charge on any atom is 0.236 e. The van der Waals surface area contributed by atoms with E-state index in [2.05, 4.69) is 15.5 Å². The molecule has 6 nitrogen and oxygen atoms in total. The maximum atomic E-state index is 11.6. The van der Waals surface area contributed by atoms with Gasteiger partial charge < -0.3 is 15.6 Å². The highest BCUT2D eigenvalue weighted by Gasteiger charge is 2.14. The fourth-order valence-corrected chi connectivity index (χ4v) is 1.49. The predicted octanol–water partition coefficient (Wildman–Crippen LogP) is 0.410. The van der Waals surface area contributed by atoms with Gasteiger partial charge in [0.25, 0.3) is 0 Å².